The van der Waals surface area contributed by atoms with Crippen LogP contribution in [0.3, 0.4) is 0 Å². The van der Waals surface area contributed by atoms with Crippen molar-refractivity contribution in [1.82, 2.24) is 4.90 Å². The van der Waals surface area contributed by atoms with E-state index in [9.17, 15) is 0 Å². The summed E-state index contributed by atoms with van der Waals surface area (Å²) in [7, 11) is 0. The lowest BCUT2D eigenvalue weighted by atomic mass is 9.99. The Hall–Kier alpha value is -0.610. The summed E-state index contributed by atoms with van der Waals surface area (Å²) in [5.74, 6) is 0. The molecule has 2 unspecified atom stereocenters. The third-order valence-electron chi connectivity index (χ3n) is 3.25. The molecule has 2 N–H and O–H groups in total. The molecular formula is C15H25ClN2O. The van der Waals surface area contributed by atoms with Crippen molar-refractivity contribution in [2.45, 2.75) is 32.9 Å². The van der Waals surface area contributed by atoms with Crippen molar-refractivity contribution in [2.24, 2.45) is 5.73 Å². The molecule has 1 aromatic carbocycles. The van der Waals surface area contributed by atoms with Crippen LogP contribution in [0.2, 0.25) is 5.02 Å². The molecule has 1 rings (SSSR count). The van der Waals surface area contributed by atoms with Crippen LogP contribution in [0.4, 0.5) is 0 Å². The van der Waals surface area contributed by atoms with Crippen molar-refractivity contribution in [3.63, 3.8) is 0 Å². The number of hydrogen-bond donors (Lipinski definition) is 1. The molecule has 0 spiro atoms. The Kier molecular flexibility index (Phi) is 7.39. The molecule has 108 valence electrons. The van der Waals surface area contributed by atoms with Gasteiger partial charge < -0.3 is 10.5 Å². The number of benzene rings is 1. The predicted molar refractivity (Wildman–Crippen MR) is 81.6 cm³/mol. The fraction of sp³-hybridized carbons (Fsp3) is 0.600. The lowest BCUT2D eigenvalue weighted by molar-refractivity contribution is 0.0909. The summed E-state index contributed by atoms with van der Waals surface area (Å²) < 4.78 is 5.45. The van der Waals surface area contributed by atoms with Crippen LogP contribution in [-0.2, 0) is 4.74 Å². The summed E-state index contributed by atoms with van der Waals surface area (Å²) in [5.41, 5.74) is 7.27. The average Bonchev–Trinajstić information content (AvgIpc) is 2.39. The molecule has 4 heteroatoms. The van der Waals surface area contributed by atoms with Crippen molar-refractivity contribution >= 4 is 11.6 Å². The summed E-state index contributed by atoms with van der Waals surface area (Å²) in [6.45, 7) is 9.42. The van der Waals surface area contributed by atoms with Crippen molar-refractivity contribution in [3.05, 3.63) is 34.9 Å². The van der Waals surface area contributed by atoms with E-state index in [0.29, 0.717) is 0 Å². The first-order chi connectivity index (χ1) is 9.11. The summed E-state index contributed by atoms with van der Waals surface area (Å²) in [4.78, 5) is 2.32. The highest BCUT2D eigenvalue weighted by Crippen LogP contribution is 2.29. The van der Waals surface area contributed by atoms with Crippen LogP contribution in [-0.4, -0.2) is 37.2 Å². The van der Waals surface area contributed by atoms with Gasteiger partial charge in [-0.2, -0.15) is 0 Å². The van der Waals surface area contributed by atoms with Gasteiger partial charge in [0.25, 0.3) is 0 Å². The smallest absolute Gasteiger partial charge is 0.0593 e. The zero-order valence-electron chi connectivity index (χ0n) is 12.1. The Bertz CT molecular complexity index is 371. The highest BCUT2D eigenvalue weighted by molar-refractivity contribution is 6.31. The van der Waals surface area contributed by atoms with Gasteiger partial charge in [-0.3, -0.25) is 4.90 Å². The number of nitrogens with zero attached hydrogens (tertiary/aromatic N) is 1. The van der Waals surface area contributed by atoms with Crippen LogP contribution in [0.25, 0.3) is 0 Å². The van der Waals surface area contributed by atoms with E-state index in [1.54, 1.807) is 0 Å². The van der Waals surface area contributed by atoms with Crippen molar-refractivity contribution in [1.29, 1.82) is 0 Å². The van der Waals surface area contributed by atoms with Gasteiger partial charge in [-0.1, -0.05) is 36.7 Å². The topological polar surface area (TPSA) is 38.5 Å². The molecule has 0 aromatic heterocycles. The minimum Gasteiger partial charge on any atom is -0.380 e. The molecule has 0 aliphatic heterocycles. The molecule has 19 heavy (non-hydrogen) atoms. The third kappa shape index (κ3) is 4.77. The Morgan fingerprint density at radius 1 is 1.32 bits per heavy atom. The maximum Gasteiger partial charge on any atom is 0.0593 e. The predicted octanol–water partition coefficient (Wildman–Crippen LogP) is 3.09. The van der Waals surface area contributed by atoms with Crippen LogP contribution < -0.4 is 5.73 Å². The number of halogens is 1. The molecule has 1 aromatic rings. The maximum atomic E-state index is 6.31. The van der Waals surface area contributed by atoms with E-state index in [2.05, 4.69) is 17.9 Å². The highest BCUT2D eigenvalue weighted by atomic mass is 35.5. The lowest BCUT2D eigenvalue weighted by Crippen LogP contribution is -2.41. The molecule has 0 bridgehead atoms. The molecule has 0 saturated carbocycles. The van der Waals surface area contributed by atoms with Gasteiger partial charge in [0, 0.05) is 24.2 Å². The first-order valence-electron chi connectivity index (χ1n) is 6.93. The number of hydrogen-bond acceptors (Lipinski definition) is 3. The normalized spacial score (nSPS) is 14.6. The van der Waals surface area contributed by atoms with Gasteiger partial charge in [0.15, 0.2) is 0 Å². The molecule has 0 radical (unpaired) electrons. The van der Waals surface area contributed by atoms with Gasteiger partial charge in [-0.15, -0.1) is 0 Å². The Balaban J connectivity index is 2.89. The van der Waals surface area contributed by atoms with Crippen molar-refractivity contribution in [2.75, 3.05) is 26.3 Å². The fourth-order valence-corrected chi connectivity index (χ4v) is 2.59. The van der Waals surface area contributed by atoms with Crippen LogP contribution in [0.1, 0.15) is 32.4 Å². The quantitative estimate of drug-likeness (QED) is 0.746. The molecule has 0 heterocycles. The van der Waals surface area contributed by atoms with Crippen molar-refractivity contribution in [3.8, 4) is 0 Å². The van der Waals surface area contributed by atoms with E-state index < -0.39 is 0 Å². The zero-order valence-corrected chi connectivity index (χ0v) is 12.9. The van der Waals surface area contributed by atoms with E-state index in [4.69, 9.17) is 22.1 Å². The Labute approximate surface area is 121 Å². The first kappa shape index (κ1) is 16.4. The SMILES string of the molecule is CCOCCN(CC)C(c1ccccc1Cl)C(C)N. The van der Waals surface area contributed by atoms with Crippen LogP contribution >= 0.6 is 11.6 Å². The zero-order chi connectivity index (χ0) is 14.3. The molecular weight excluding hydrogens is 260 g/mol. The van der Waals surface area contributed by atoms with Crippen molar-refractivity contribution < 1.29 is 4.74 Å². The molecule has 0 fully saturated rings. The number of ether oxygens (including phenoxy) is 1. The van der Waals surface area contributed by atoms with Crippen LogP contribution in [0, 0.1) is 0 Å². The highest BCUT2D eigenvalue weighted by Gasteiger charge is 2.24. The second-order valence-corrected chi connectivity index (χ2v) is 5.06. The maximum absolute atomic E-state index is 6.31. The third-order valence-corrected chi connectivity index (χ3v) is 3.59. The summed E-state index contributed by atoms with van der Waals surface area (Å²) in [6, 6.07) is 8.07. The Morgan fingerprint density at radius 2 is 2.00 bits per heavy atom. The largest absolute Gasteiger partial charge is 0.380 e. The number of likely N-dealkylation sites (N-methyl/N-ethyl adjacent to an activating group) is 1. The second kappa shape index (κ2) is 8.54. The summed E-state index contributed by atoms with van der Waals surface area (Å²) >= 11 is 6.31. The van der Waals surface area contributed by atoms with E-state index >= 15 is 0 Å². The van der Waals surface area contributed by atoms with E-state index in [0.717, 1.165) is 36.9 Å². The monoisotopic (exact) mass is 284 g/mol. The molecule has 0 aliphatic carbocycles. The average molecular weight is 285 g/mol. The first-order valence-corrected chi connectivity index (χ1v) is 7.31. The van der Waals surface area contributed by atoms with Gasteiger partial charge in [0.05, 0.1) is 12.6 Å². The lowest BCUT2D eigenvalue weighted by Gasteiger charge is -2.34. The standard InChI is InChI=1S/C15H25ClN2O/c1-4-18(10-11-19-5-2)15(12(3)17)13-8-6-7-9-14(13)16/h6-9,12,15H,4-5,10-11,17H2,1-3H3. The summed E-state index contributed by atoms with van der Waals surface area (Å²) in [6.07, 6.45) is 0. The van der Waals surface area contributed by atoms with Gasteiger partial charge in [0.2, 0.25) is 0 Å². The van der Waals surface area contributed by atoms with Gasteiger partial charge in [0.1, 0.15) is 0 Å². The van der Waals surface area contributed by atoms with Crippen LogP contribution in [0.5, 0.6) is 0 Å². The fourth-order valence-electron chi connectivity index (χ4n) is 2.35. The second-order valence-electron chi connectivity index (χ2n) is 4.65. The number of rotatable bonds is 8. The van der Waals surface area contributed by atoms with Gasteiger partial charge in [-0.05, 0) is 32.0 Å². The molecule has 2 atom stereocenters. The molecule has 0 amide bonds. The van der Waals surface area contributed by atoms with Crippen LogP contribution in [0.15, 0.2) is 24.3 Å². The summed E-state index contributed by atoms with van der Waals surface area (Å²) in [5, 5.41) is 0.777. The molecule has 3 nitrogen and oxygen atoms in total. The van der Waals surface area contributed by atoms with Gasteiger partial charge in [-0.25, -0.2) is 0 Å². The molecule has 0 saturated heterocycles. The number of nitrogens with two attached hydrogens (primary N) is 1. The molecule has 0 aliphatic rings. The van der Waals surface area contributed by atoms with Gasteiger partial charge >= 0.3 is 0 Å². The van der Waals surface area contributed by atoms with E-state index in [1.807, 2.05) is 32.0 Å². The minimum absolute atomic E-state index is 0.0153. The Morgan fingerprint density at radius 3 is 2.53 bits per heavy atom. The minimum atomic E-state index is 0.0153. The van der Waals surface area contributed by atoms with E-state index in [1.165, 1.54) is 0 Å². The van der Waals surface area contributed by atoms with E-state index in [-0.39, 0.29) is 12.1 Å².